The Hall–Kier alpha value is -1.52. The topological polar surface area (TPSA) is 34.5 Å². The van der Waals surface area contributed by atoms with E-state index in [0.717, 1.165) is 10.9 Å². The van der Waals surface area contributed by atoms with Gasteiger partial charge in [-0.2, -0.15) is 0 Å². The number of carbonyl (C=O) groups is 1. The predicted molar refractivity (Wildman–Crippen MR) is 79.2 cm³/mol. The van der Waals surface area contributed by atoms with E-state index in [9.17, 15) is 4.79 Å². The molecule has 0 saturated carbocycles. The van der Waals surface area contributed by atoms with E-state index in [2.05, 4.69) is 0 Å². The average molecular weight is 293 g/mol. The average Bonchev–Trinajstić information content (AvgIpc) is 2.71. The smallest absolute Gasteiger partial charge is 0.272 e. The molecular weight excluding hydrogens is 276 g/mol. The van der Waals surface area contributed by atoms with Crippen LogP contribution in [0.3, 0.4) is 0 Å². The van der Waals surface area contributed by atoms with Crippen molar-refractivity contribution in [2.75, 3.05) is 19.8 Å². The Morgan fingerprint density at radius 3 is 2.85 bits per heavy atom. The maximum absolute atomic E-state index is 12.8. The molecule has 0 spiro atoms. The van der Waals surface area contributed by atoms with Crippen LogP contribution in [-0.4, -0.2) is 41.2 Å². The number of amides is 1. The Balaban J connectivity index is 2.07. The normalized spacial score (nSPS) is 19.6. The fraction of sp³-hybridized carbons (Fsp3) is 0.400. The minimum atomic E-state index is -0.0236. The molecular formula is C15H17ClN2O2. The Bertz CT molecular complexity index is 626. The van der Waals surface area contributed by atoms with Crippen molar-refractivity contribution in [3.63, 3.8) is 0 Å². The second-order valence-electron chi connectivity index (χ2n) is 5.16. The summed E-state index contributed by atoms with van der Waals surface area (Å²) in [5.41, 5.74) is 1.53. The first-order valence-electron chi connectivity index (χ1n) is 6.73. The molecule has 1 fully saturated rings. The number of hydrogen-bond acceptors (Lipinski definition) is 2. The molecule has 1 aromatic carbocycles. The van der Waals surface area contributed by atoms with Crippen LogP contribution in [-0.2, 0) is 11.8 Å². The standard InChI is InChI=1S/C15H17ClN2O2/c1-10-9-20-8-7-18(10)15(19)14-13(16)11-5-3-4-6-12(11)17(14)2/h3-6,10H,7-9H2,1-2H3/t10-/m0/s1. The number of para-hydroxylation sites is 1. The highest BCUT2D eigenvalue weighted by molar-refractivity contribution is 6.38. The zero-order valence-electron chi connectivity index (χ0n) is 11.6. The minimum Gasteiger partial charge on any atom is -0.377 e. The van der Waals surface area contributed by atoms with Crippen LogP contribution in [0, 0.1) is 0 Å². The number of benzene rings is 1. The summed E-state index contributed by atoms with van der Waals surface area (Å²) in [7, 11) is 1.88. The highest BCUT2D eigenvalue weighted by Gasteiger charge is 2.29. The molecule has 4 nitrogen and oxygen atoms in total. The molecule has 0 unspecified atom stereocenters. The number of hydrogen-bond donors (Lipinski definition) is 0. The fourth-order valence-corrected chi connectivity index (χ4v) is 3.12. The van der Waals surface area contributed by atoms with Crippen LogP contribution in [0.25, 0.3) is 10.9 Å². The van der Waals surface area contributed by atoms with E-state index in [4.69, 9.17) is 16.3 Å². The second kappa shape index (κ2) is 5.11. The number of rotatable bonds is 1. The van der Waals surface area contributed by atoms with Crippen molar-refractivity contribution in [1.82, 2.24) is 9.47 Å². The summed E-state index contributed by atoms with van der Waals surface area (Å²) >= 11 is 6.42. The van der Waals surface area contributed by atoms with Gasteiger partial charge in [0.15, 0.2) is 0 Å². The molecule has 20 heavy (non-hydrogen) atoms. The quantitative estimate of drug-likeness (QED) is 0.810. The Morgan fingerprint density at radius 2 is 2.15 bits per heavy atom. The number of ether oxygens (including phenoxy) is 1. The van der Waals surface area contributed by atoms with Crippen LogP contribution in [0.4, 0.5) is 0 Å². The molecule has 1 saturated heterocycles. The zero-order chi connectivity index (χ0) is 14.3. The second-order valence-corrected chi connectivity index (χ2v) is 5.54. The first-order valence-corrected chi connectivity index (χ1v) is 7.10. The van der Waals surface area contributed by atoms with Crippen LogP contribution in [0.2, 0.25) is 5.02 Å². The SMILES string of the molecule is C[C@H]1COCCN1C(=O)c1c(Cl)c2ccccc2n1C. The first-order chi connectivity index (χ1) is 9.61. The Morgan fingerprint density at radius 1 is 1.40 bits per heavy atom. The summed E-state index contributed by atoms with van der Waals surface area (Å²) in [6, 6.07) is 7.87. The first kappa shape index (κ1) is 13.5. The zero-order valence-corrected chi connectivity index (χ0v) is 12.4. The third-order valence-corrected chi connectivity index (χ3v) is 4.26. The summed E-state index contributed by atoms with van der Waals surface area (Å²) in [6.07, 6.45) is 0. The summed E-state index contributed by atoms with van der Waals surface area (Å²) in [6.45, 7) is 3.76. The third kappa shape index (κ3) is 2.00. The van der Waals surface area contributed by atoms with E-state index >= 15 is 0 Å². The van der Waals surface area contributed by atoms with Gasteiger partial charge in [0, 0.05) is 24.5 Å². The van der Waals surface area contributed by atoms with Crippen molar-refractivity contribution >= 4 is 28.4 Å². The van der Waals surface area contributed by atoms with Crippen LogP contribution in [0.5, 0.6) is 0 Å². The number of morpholine rings is 1. The van der Waals surface area contributed by atoms with Crippen molar-refractivity contribution in [2.45, 2.75) is 13.0 Å². The predicted octanol–water partition coefficient (Wildman–Crippen LogP) is 2.69. The number of fused-ring (bicyclic) bond motifs is 1. The number of nitrogens with zero attached hydrogens (tertiary/aromatic N) is 2. The fourth-order valence-electron chi connectivity index (χ4n) is 2.75. The van der Waals surface area contributed by atoms with Gasteiger partial charge in [0.2, 0.25) is 0 Å². The van der Waals surface area contributed by atoms with Gasteiger partial charge in [-0.3, -0.25) is 4.79 Å². The van der Waals surface area contributed by atoms with Gasteiger partial charge in [-0.05, 0) is 13.0 Å². The monoisotopic (exact) mass is 292 g/mol. The van der Waals surface area contributed by atoms with E-state index in [1.54, 1.807) is 0 Å². The van der Waals surface area contributed by atoms with Crippen molar-refractivity contribution in [2.24, 2.45) is 7.05 Å². The molecule has 0 radical (unpaired) electrons. The Labute approximate surface area is 122 Å². The van der Waals surface area contributed by atoms with E-state index in [-0.39, 0.29) is 11.9 Å². The highest BCUT2D eigenvalue weighted by atomic mass is 35.5. The molecule has 0 bridgehead atoms. The molecule has 2 heterocycles. The molecule has 106 valence electrons. The minimum absolute atomic E-state index is 0.0236. The lowest BCUT2D eigenvalue weighted by Gasteiger charge is -2.33. The summed E-state index contributed by atoms with van der Waals surface area (Å²) in [5, 5.41) is 1.45. The van der Waals surface area contributed by atoms with Gasteiger partial charge in [-0.15, -0.1) is 0 Å². The van der Waals surface area contributed by atoms with Crippen LogP contribution in [0.1, 0.15) is 17.4 Å². The number of carbonyl (C=O) groups excluding carboxylic acids is 1. The molecule has 2 aromatic rings. The molecule has 1 aromatic heterocycles. The summed E-state index contributed by atoms with van der Waals surface area (Å²) < 4.78 is 7.26. The largest absolute Gasteiger partial charge is 0.377 e. The number of halogens is 1. The van der Waals surface area contributed by atoms with Gasteiger partial charge >= 0.3 is 0 Å². The summed E-state index contributed by atoms with van der Waals surface area (Å²) in [4.78, 5) is 14.6. The van der Waals surface area contributed by atoms with E-state index in [1.807, 2.05) is 47.7 Å². The number of aryl methyl sites for hydroxylation is 1. The lowest BCUT2D eigenvalue weighted by atomic mass is 10.2. The molecule has 1 atom stereocenters. The molecule has 1 aliphatic rings. The van der Waals surface area contributed by atoms with Crippen molar-refractivity contribution in [3.8, 4) is 0 Å². The lowest BCUT2D eigenvalue weighted by molar-refractivity contribution is 0.00311. The lowest BCUT2D eigenvalue weighted by Crippen LogP contribution is -2.47. The van der Waals surface area contributed by atoms with Crippen LogP contribution in [0.15, 0.2) is 24.3 Å². The molecule has 5 heteroatoms. The molecule has 1 aliphatic heterocycles. The third-order valence-electron chi connectivity index (χ3n) is 3.88. The molecule has 1 amide bonds. The number of aromatic nitrogens is 1. The molecule has 0 N–H and O–H groups in total. The maximum atomic E-state index is 12.8. The van der Waals surface area contributed by atoms with Crippen molar-refractivity contribution in [3.05, 3.63) is 35.0 Å². The van der Waals surface area contributed by atoms with Gasteiger partial charge in [0.1, 0.15) is 5.69 Å². The van der Waals surface area contributed by atoms with Crippen molar-refractivity contribution in [1.29, 1.82) is 0 Å². The molecule has 3 rings (SSSR count). The van der Waals surface area contributed by atoms with E-state index < -0.39 is 0 Å². The maximum Gasteiger partial charge on any atom is 0.272 e. The van der Waals surface area contributed by atoms with Gasteiger partial charge in [-0.25, -0.2) is 0 Å². The Kier molecular flexibility index (Phi) is 3.44. The van der Waals surface area contributed by atoms with Gasteiger partial charge in [0.05, 0.1) is 24.3 Å². The van der Waals surface area contributed by atoms with Crippen LogP contribution >= 0.6 is 11.6 Å². The van der Waals surface area contributed by atoms with E-state index in [0.29, 0.717) is 30.5 Å². The summed E-state index contributed by atoms with van der Waals surface area (Å²) in [5.74, 6) is -0.0236. The highest BCUT2D eigenvalue weighted by Crippen LogP contribution is 2.31. The van der Waals surface area contributed by atoms with Crippen LogP contribution < -0.4 is 0 Å². The van der Waals surface area contributed by atoms with Gasteiger partial charge in [-0.1, -0.05) is 29.8 Å². The van der Waals surface area contributed by atoms with Gasteiger partial charge < -0.3 is 14.2 Å². The van der Waals surface area contributed by atoms with Crippen molar-refractivity contribution < 1.29 is 9.53 Å². The van der Waals surface area contributed by atoms with E-state index in [1.165, 1.54) is 0 Å². The molecule has 0 aliphatic carbocycles. The van der Waals surface area contributed by atoms with Gasteiger partial charge in [0.25, 0.3) is 5.91 Å².